The van der Waals surface area contributed by atoms with Gasteiger partial charge >= 0.3 is 0 Å². The van der Waals surface area contributed by atoms with Crippen LogP contribution in [0.3, 0.4) is 0 Å². The number of hydrogen-bond donors (Lipinski definition) is 2. The zero-order valence-electron chi connectivity index (χ0n) is 11.6. The highest BCUT2D eigenvalue weighted by Crippen LogP contribution is 2.28. The third-order valence-corrected chi connectivity index (χ3v) is 3.24. The molecule has 0 aliphatic heterocycles. The maximum absolute atomic E-state index is 12.2. The van der Waals surface area contributed by atoms with Gasteiger partial charge in [-0.1, -0.05) is 11.6 Å². The number of nitrogens with two attached hydrogens (primary N) is 1. The van der Waals surface area contributed by atoms with Crippen molar-refractivity contribution in [1.82, 2.24) is 0 Å². The van der Waals surface area contributed by atoms with Gasteiger partial charge in [0.15, 0.2) is 0 Å². The SMILES string of the molecule is COc1ccc(Cl)c(NC(=O)c2ccc(OC)c(N)c2)c1. The standard InChI is InChI=1S/C15H15ClN2O3/c1-20-10-4-5-11(16)13(8-10)18-15(19)9-3-6-14(21-2)12(17)7-9/h3-8H,17H2,1-2H3,(H,18,19). The van der Waals surface area contributed by atoms with Gasteiger partial charge in [-0.2, -0.15) is 0 Å². The number of hydrogen-bond acceptors (Lipinski definition) is 4. The molecule has 3 N–H and O–H groups in total. The Morgan fingerprint density at radius 2 is 1.90 bits per heavy atom. The van der Waals surface area contributed by atoms with Crippen LogP contribution < -0.4 is 20.5 Å². The third-order valence-electron chi connectivity index (χ3n) is 2.91. The molecule has 21 heavy (non-hydrogen) atoms. The van der Waals surface area contributed by atoms with Crippen molar-refractivity contribution < 1.29 is 14.3 Å². The molecule has 0 saturated heterocycles. The first kappa shape index (κ1) is 15.0. The number of halogens is 1. The summed E-state index contributed by atoms with van der Waals surface area (Å²) in [5.74, 6) is 0.800. The molecule has 0 atom stereocenters. The van der Waals surface area contributed by atoms with Gasteiger partial charge in [0, 0.05) is 11.6 Å². The monoisotopic (exact) mass is 306 g/mol. The molecule has 2 aromatic rings. The van der Waals surface area contributed by atoms with Crippen molar-refractivity contribution in [3.05, 3.63) is 47.0 Å². The van der Waals surface area contributed by atoms with Crippen LogP contribution in [0.25, 0.3) is 0 Å². The number of methoxy groups -OCH3 is 2. The Labute approximate surface area is 127 Å². The lowest BCUT2D eigenvalue weighted by Gasteiger charge is -2.10. The minimum atomic E-state index is -0.320. The number of nitrogens with one attached hydrogen (secondary N) is 1. The van der Waals surface area contributed by atoms with Crippen LogP contribution in [0.2, 0.25) is 5.02 Å². The van der Waals surface area contributed by atoms with Crippen molar-refractivity contribution in [2.24, 2.45) is 0 Å². The van der Waals surface area contributed by atoms with E-state index >= 15 is 0 Å². The summed E-state index contributed by atoms with van der Waals surface area (Å²) in [4.78, 5) is 12.2. The summed E-state index contributed by atoms with van der Waals surface area (Å²) in [5.41, 5.74) is 7.06. The maximum Gasteiger partial charge on any atom is 0.255 e. The summed E-state index contributed by atoms with van der Waals surface area (Å²) in [6.45, 7) is 0. The molecular formula is C15H15ClN2O3. The van der Waals surface area contributed by atoms with Crippen molar-refractivity contribution in [3.63, 3.8) is 0 Å². The smallest absolute Gasteiger partial charge is 0.255 e. The predicted octanol–water partition coefficient (Wildman–Crippen LogP) is 3.19. The summed E-state index contributed by atoms with van der Waals surface area (Å²) in [6, 6.07) is 9.81. The van der Waals surface area contributed by atoms with E-state index in [-0.39, 0.29) is 5.91 Å². The van der Waals surface area contributed by atoms with Crippen LogP contribution in [0.1, 0.15) is 10.4 Å². The van der Waals surface area contributed by atoms with Crippen LogP contribution in [-0.4, -0.2) is 20.1 Å². The van der Waals surface area contributed by atoms with Gasteiger partial charge in [0.25, 0.3) is 5.91 Å². The molecule has 0 bridgehead atoms. The average Bonchev–Trinajstić information content (AvgIpc) is 2.49. The topological polar surface area (TPSA) is 73.6 Å². The first-order valence-corrected chi connectivity index (χ1v) is 6.51. The molecule has 1 amide bonds. The van der Waals surface area contributed by atoms with E-state index in [2.05, 4.69) is 5.32 Å². The fourth-order valence-corrected chi connectivity index (χ4v) is 1.96. The molecule has 0 radical (unpaired) electrons. The number of amides is 1. The van der Waals surface area contributed by atoms with Gasteiger partial charge in [0.1, 0.15) is 11.5 Å². The fourth-order valence-electron chi connectivity index (χ4n) is 1.80. The average molecular weight is 307 g/mol. The minimum Gasteiger partial charge on any atom is -0.497 e. The Morgan fingerprint density at radius 3 is 2.52 bits per heavy atom. The van der Waals surface area contributed by atoms with E-state index in [1.807, 2.05) is 0 Å². The van der Waals surface area contributed by atoms with Crippen LogP contribution in [0, 0.1) is 0 Å². The van der Waals surface area contributed by atoms with Crippen LogP contribution in [0.4, 0.5) is 11.4 Å². The van der Waals surface area contributed by atoms with Gasteiger partial charge in [-0.15, -0.1) is 0 Å². The van der Waals surface area contributed by atoms with E-state index in [9.17, 15) is 4.79 Å². The van der Waals surface area contributed by atoms with E-state index in [0.29, 0.717) is 33.5 Å². The van der Waals surface area contributed by atoms with Crippen molar-refractivity contribution in [3.8, 4) is 11.5 Å². The van der Waals surface area contributed by atoms with Crippen LogP contribution in [0.5, 0.6) is 11.5 Å². The molecule has 0 heterocycles. The lowest BCUT2D eigenvalue weighted by atomic mass is 10.1. The zero-order valence-corrected chi connectivity index (χ0v) is 12.4. The summed E-state index contributed by atoms with van der Waals surface area (Å²) in [7, 11) is 3.06. The summed E-state index contributed by atoms with van der Waals surface area (Å²) in [6.07, 6.45) is 0. The molecule has 5 nitrogen and oxygen atoms in total. The second kappa shape index (κ2) is 6.37. The van der Waals surface area contributed by atoms with Gasteiger partial charge in [-0.25, -0.2) is 0 Å². The number of ether oxygens (including phenoxy) is 2. The van der Waals surface area contributed by atoms with Gasteiger partial charge in [0.2, 0.25) is 0 Å². The Balaban J connectivity index is 2.23. The largest absolute Gasteiger partial charge is 0.497 e. The molecule has 0 unspecified atom stereocenters. The third kappa shape index (κ3) is 3.38. The van der Waals surface area contributed by atoms with Gasteiger partial charge in [0.05, 0.1) is 30.6 Å². The van der Waals surface area contributed by atoms with E-state index in [4.69, 9.17) is 26.8 Å². The van der Waals surface area contributed by atoms with Crippen LogP contribution in [0.15, 0.2) is 36.4 Å². The fraction of sp³-hybridized carbons (Fsp3) is 0.133. The van der Waals surface area contributed by atoms with Crippen LogP contribution >= 0.6 is 11.6 Å². The Morgan fingerprint density at radius 1 is 1.14 bits per heavy atom. The Hall–Kier alpha value is -2.40. The molecule has 2 aromatic carbocycles. The number of benzene rings is 2. The molecule has 0 aromatic heterocycles. The molecular weight excluding hydrogens is 292 g/mol. The summed E-state index contributed by atoms with van der Waals surface area (Å²) >= 11 is 6.05. The maximum atomic E-state index is 12.2. The number of anilines is 2. The predicted molar refractivity (Wildman–Crippen MR) is 83.4 cm³/mol. The van der Waals surface area contributed by atoms with E-state index < -0.39 is 0 Å². The number of carbonyl (C=O) groups is 1. The summed E-state index contributed by atoms with van der Waals surface area (Å²) < 4.78 is 10.2. The highest BCUT2D eigenvalue weighted by Gasteiger charge is 2.11. The van der Waals surface area contributed by atoms with E-state index in [0.717, 1.165) is 0 Å². The second-order valence-electron chi connectivity index (χ2n) is 4.26. The quantitative estimate of drug-likeness (QED) is 0.851. The van der Waals surface area contributed by atoms with Crippen molar-refractivity contribution in [2.45, 2.75) is 0 Å². The molecule has 0 fully saturated rings. The molecule has 0 spiro atoms. The normalized spacial score (nSPS) is 10.0. The van der Waals surface area contributed by atoms with Crippen molar-refractivity contribution in [1.29, 1.82) is 0 Å². The molecule has 2 rings (SSSR count). The zero-order chi connectivity index (χ0) is 15.4. The van der Waals surface area contributed by atoms with E-state index in [1.54, 1.807) is 43.5 Å². The van der Waals surface area contributed by atoms with Crippen LogP contribution in [-0.2, 0) is 0 Å². The number of nitrogen functional groups attached to an aromatic ring is 1. The van der Waals surface area contributed by atoms with Gasteiger partial charge < -0.3 is 20.5 Å². The summed E-state index contributed by atoms with van der Waals surface area (Å²) in [5, 5.41) is 3.14. The lowest BCUT2D eigenvalue weighted by molar-refractivity contribution is 0.102. The number of rotatable bonds is 4. The number of carbonyl (C=O) groups excluding carboxylic acids is 1. The second-order valence-corrected chi connectivity index (χ2v) is 4.66. The van der Waals surface area contributed by atoms with Gasteiger partial charge in [-0.3, -0.25) is 4.79 Å². The lowest BCUT2D eigenvalue weighted by Crippen LogP contribution is -2.12. The highest BCUT2D eigenvalue weighted by molar-refractivity contribution is 6.34. The van der Waals surface area contributed by atoms with E-state index in [1.165, 1.54) is 7.11 Å². The molecule has 6 heteroatoms. The first-order chi connectivity index (χ1) is 10.0. The Kier molecular flexibility index (Phi) is 4.55. The molecule has 110 valence electrons. The minimum absolute atomic E-state index is 0.320. The van der Waals surface area contributed by atoms with Crippen molar-refractivity contribution in [2.75, 3.05) is 25.3 Å². The Bertz CT molecular complexity index is 674. The molecule has 0 aliphatic rings. The van der Waals surface area contributed by atoms with Gasteiger partial charge in [-0.05, 0) is 30.3 Å². The molecule has 0 aliphatic carbocycles. The van der Waals surface area contributed by atoms with Crippen molar-refractivity contribution >= 4 is 28.9 Å². The molecule has 0 saturated carbocycles. The first-order valence-electron chi connectivity index (χ1n) is 6.13. The highest BCUT2D eigenvalue weighted by atomic mass is 35.5.